The Balaban J connectivity index is 3.08. The minimum absolute atomic E-state index is 0.226. The molecule has 1 heterocycles. The van der Waals surface area contributed by atoms with Crippen LogP contribution in [0.25, 0.3) is 0 Å². The number of rotatable bonds is 6. The van der Waals surface area contributed by atoms with Crippen LogP contribution in [0.4, 0.5) is 0 Å². The molecule has 4 heteroatoms. The van der Waals surface area contributed by atoms with E-state index in [0.717, 1.165) is 36.9 Å². The van der Waals surface area contributed by atoms with E-state index in [1.165, 1.54) is 0 Å². The van der Waals surface area contributed by atoms with Gasteiger partial charge in [-0.1, -0.05) is 27.2 Å². The lowest BCUT2D eigenvalue weighted by atomic mass is 10.0. The molecule has 1 amide bonds. The first-order valence-corrected chi connectivity index (χ1v) is 6.67. The van der Waals surface area contributed by atoms with Crippen molar-refractivity contribution < 1.29 is 4.79 Å². The van der Waals surface area contributed by atoms with E-state index >= 15 is 0 Å². The Morgan fingerprint density at radius 1 is 1.28 bits per heavy atom. The summed E-state index contributed by atoms with van der Waals surface area (Å²) in [6.45, 7) is 6.66. The van der Waals surface area contributed by atoms with Gasteiger partial charge in [-0.05, 0) is 30.9 Å². The smallest absolute Gasteiger partial charge is 0.261 e. The van der Waals surface area contributed by atoms with Gasteiger partial charge in [0.15, 0.2) is 0 Å². The number of aromatic nitrogens is 1. The van der Waals surface area contributed by atoms with Crippen LogP contribution in [0.2, 0.25) is 0 Å². The Kier molecular flexibility index (Phi) is 5.62. The van der Waals surface area contributed by atoms with Crippen LogP contribution in [0, 0.1) is 0 Å². The summed E-state index contributed by atoms with van der Waals surface area (Å²) in [6, 6.07) is 1.74. The van der Waals surface area contributed by atoms with Crippen molar-refractivity contribution >= 4 is 5.91 Å². The number of hydrogen-bond acceptors (Lipinski definition) is 2. The highest BCUT2D eigenvalue weighted by atomic mass is 16.2. The number of nitrogens with one attached hydrogen (secondary N) is 2. The summed E-state index contributed by atoms with van der Waals surface area (Å²) in [5, 5.41) is 2.74. The molecule has 0 saturated heterocycles. The SMILES string of the molecule is CCCNC(=O)c1cc(CCC)c(CC)[nH]c1=O. The number of carbonyl (C=O) groups is 1. The minimum atomic E-state index is -0.291. The predicted octanol–water partition coefficient (Wildman–Crippen LogP) is 2.03. The topological polar surface area (TPSA) is 62.0 Å². The van der Waals surface area contributed by atoms with Gasteiger partial charge in [0.2, 0.25) is 0 Å². The summed E-state index contributed by atoms with van der Waals surface area (Å²) in [5.74, 6) is -0.280. The predicted molar refractivity (Wildman–Crippen MR) is 73.1 cm³/mol. The van der Waals surface area contributed by atoms with Crippen LogP contribution in [0.1, 0.15) is 55.2 Å². The molecule has 0 atom stereocenters. The fourth-order valence-electron chi connectivity index (χ4n) is 1.92. The number of aryl methyl sites for hydroxylation is 2. The van der Waals surface area contributed by atoms with Gasteiger partial charge in [-0.25, -0.2) is 0 Å². The van der Waals surface area contributed by atoms with Crippen molar-refractivity contribution in [3.8, 4) is 0 Å². The maximum absolute atomic E-state index is 11.8. The summed E-state index contributed by atoms with van der Waals surface area (Å²) in [5.41, 5.74) is 1.94. The highest BCUT2D eigenvalue weighted by Crippen LogP contribution is 2.09. The second-order valence-electron chi connectivity index (χ2n) is 4.38. The second-order valence-corrected chi connectivity index (χ2v) is 4.38. The zero-order valence-corrected chi connectivity index (χ0v) is 11.4. The molecule has 100 valence electrons. The molecule has 2 N–H and O–H groups in total. The van der Waals surface area contributed by atoms with Crippen LogP contribution in [0.5, 0.6) is 0 Å². The first kappa shape index (κ1) is 14.5. The van der Waals surface area contributed by atoms with E-state index in [-0.39, 0.29) is 17.0 Å². The van der Waals surface area contributed by atoms with E-state index in [0.29, 0.717) is 6.54 Å². The molecule has 0 aromatic carbocycles. The van der Waals surface area contributed by atoms with Crippen molar-refractivity contribution in [2.45, 2.75) is 46.5 Å². The van der Waals surface area contributed by atoms with Gasteiger partial charge >= 0.3 is 0 Å². The highest BCUT2D eigenvalue weighted by Gasteiger charge is 2.13. The molecule has 0 aliphatic rings. The number of amides is 1. The Labute approximate surface area is 108 Å². The lowest BCUT2D eigenvalue weighted by Gasteiger charge is -2.09. The summed E-state index contributed by atoms with van der Waals surface area (Å²) in [4.78, 5) is 26.5. The van der Waals surface area contributed by atoms with E-state index < -0.39 is 0 Å². The number of pyridine rings is 1. The van der Waals surface area contributed by atoms with Crippen molar-refractivity contribution in [1.82, 2.24) is 10.3 Å². The fourth-order valence-corrected chi connectivity index (χ4v) is 1.92. The Morgan fingerprint density at radius 2 is 2.00 bits per heavy atom. The van der Waals surface area contributed by atoms with E-state index in [4.69, 9.17) is 0 Å². The molecular formula is C14H22N2O2. The van der Waals surface area contributed by atoms with Gasteiger partial charge in [0.1, 0.15) is 5.56 Å². The number of aromatic amines is 1. The standard InChI is InChI=1S/C14H22N2O2/c1-4-7-10-9-11(13(17)15-8-5-2)14(18)16-12(10)6-3/h9H,4-8H2,1-3H3,(H,15,17)(H,16,18). The molecule has 0 aliphatic carbocycles. The van der Waals surface area contributed by atoms with Gasteiger partial charge < -0.3 is 10.3 Å². The van der Waals surface area contributed by atoms with Gasteiger partial charge in [0.05, 0.1) is 0 Å². The van der Waals surface area contributed by atoms with Crippen LogP contribution < -0.4 is 10.9 Å². The molecule has 18 heavy (non-hydrogen) atoms. The molecule has 0 bridgehead atoms. The van der Waals surface area contributed by atoms with Gasteiger partial charge in [-0.3, -0.25) is 9.59 Å². The van der Waals surface area contributed by atoms with Crippen molar-refractivity contribution in [2.75, 3.05) is 6.54 Å². The van der Waals surface area contributed by atoms with Crippen LogP contribution >= 0.6 is 0 Å². The first-order valence-electron chi connectivity index (χ1n) is 6.67. The lowest BCUT2D eigenvalue weighted by molar-refractivity contribution is 0.0952. The average Bonchev–Trinajstić information content (AvgIpc) is 2.37. The fraction of sp³-hybridized carbons (Fsp3) is 0.571. The molecule has 0 aliphatic heterocycles. The van der Waals surface area contributed by atoms with Crippen molar-refractivity contribution in [3.05, 3.63) is 33.2 Å². The average molecular weight is 250 g/mol. The molecule has 0 fully saturated rings. The maximum atomic E-state index is 11.8. The minimum Gasteiger partial charge on any atom is -0.352 e. The van der Waals surface area contributed by atoms with Crippen LogP contribution in [0.15, 0.2) is 10.9 Å². The molecule has 0 radical (unpaired) electrons. The third-order valence-corrected chi connectivity index (χ3v) is 2.87. The number of H-pyrrole nitrogens is 1. The normalized spacial score (nSPS) is 10.4. The summed E-state index contributed by atoms with van der Waals surface area (Å²) >= 11 is 0. The summed E-state index contributed by atoms with van der Waals surface area (Å²) in [6.07, 6.45) is 3.52. The van der Waals surface area contributed by atoms with Crippen LogP contribution in [0.3, 0.4) is 0 Å². The molecule has 1 aromatic heterocycles. The first-order chi connectivity index (χ1) is 8.63. The van der Waals surface area contributed by atoms with Crippen LogP contribution in [-0.2, 0) is 12.8 Å². The molecule has 0 saturated carbocycles. The number of hydrogen-bond donors (Lipinski definition) is 2. The second kappa shape index (κ2) is 6.99. The van der Waals surface area contributed by atoms with Gasteiger partial charge in [-0.2, -0.15) is 0 Å². The van der Waals surface area contributed by atoms with Crippen molar-refractivity contribution in [1.29, 1.82) is 0 Å². The maximum Gasteiger partial charge on any atom is 0.261 e. The highest BCUT2D eigenvalue weighted by molar-refractivity contribution is 5.94. The molecule has 0 spiro atoms. The zero-order valence-electron chi connectivity index (χ0n) is 11.4. The zero-order chi connectivity index (χ0) is 13.5. The lowest BCUT2D eigenvalue weighted by Crippen LogP contribution is -2.31. The monoisotopic (exact) mass is 250 g/mol. The van der Waals surface area contributed by atoms with E-state index in [2.05, 4.69) is 17.2 Å². The van der Waals surface area contributed by atoms with Crippen LogP contribution in [-0.4, -0.2) is 17.4 Å². The van der Waals surface area contributed by atoms with Crippen molar-refractivity contribution in [2.24, 2.45) is 0 Å². The summed E-state index contributed by atoms with van der Waals surface area (Å²) < 4.78 is 0. The Hall–Kier alpha value is -1.58. The largest absolute Gasteiger partial charge is 0.352 e. The van der Waals surface area contributed by atoms with E-state index in [1.807, 2.05) is 13.8 Å². The van der Waals surface area contributed by atoms with E-state index in [1.54, 1.807) is 6.07 Å². The Morgan fingerprint density at radius 3 is 2.56 bits per heavy atom. The molecule has 4 nitrogen and oxygen atoms in total. The molecule has 1 rings (SSSR count). The van der Waals surface area contributed by atoms with E-state index in [9.17, 15) is 9.59 Å². The van der Waals surface area contributed by atoms with Gasteiger partial charge in [-0.15, -0.1) is 0 Å². The molecular weight excluding hydrogens is 228 g/mol. The summed E-state index contributed by atoms with van der Waals surface area (Å²) in [7, 11) is 0. The number of carbonyl (C=O) groups excluding carboxylic acids is 1. The van der Waals surface area contributed by atoms with Crippen molar-refractivity contribution in [3.63, 3.8) is 0 Å². The molecule has 0 unspecified atom stereocenters. The Bertz CT molecular complexity index is 463. The quantitative estimate of drug-likeness (QED) is 0.811. The van der Waals surface area contributed by atoms with Gasteiger partial charge in [0.25, 0.3) is 11.5 Å². The third kappa shape index (κ3) is 3.45. The van der Waals surface area contributed by atoms with Gasteiger partial charge in [0, 0.05) is 12.2 Å². The molecule has 1 aromatic rings. The third-order valence-electron chi connectivity index (χ3n) is 2.87.